The molecule has 2 aromatic carbocycles. The maximum absolute atomic E-state index is 13.3. The fraction of sp³-hybridized carbons (Fsp3) is 0.323. The number of ether oxygens (including phenoxy) is 1. The topological polar surface area (TPSA) is 133 Å². The van der Waals surface area contributed by atoms with Gasteiger partial charge in [0.2, 0.25) is 5.91 Å². The van der Waals surface area contributed by atoms with E-state index in [9.17, 15) is 13.2 Å². The Kier molecular flexibility index (Phi) is 8.41. The number of benzene rings is 2. The molecule has 224 valence electrons. The highest BCUT2D eigenvalue weighted by Gasteiger charge is 2.22. The summed E-state index contributed by atoms with van der Waals surface area (Å²) in [5.74, 6) is 0.703. The number of morpholine rings is 1. The van der Waals surface area contributed by atoms with E-state index >= 15 is 0 Å². The zero-order chi connectivity index (χ0) is 29.8. The lowest BCUT2D eigenvalue weighted by molar-refractivity contribution is -0.117. The number of rotatable bonds is 9. The quantitative estimate of drug-likeness (QED) is 0.248. The first-order chi connectivity index (χ1) is 20.9. The normalized spacial score (nSPS) is 18.0. The molecule has 0 aliphatic carbocycles. The van der Waals surface area contributed by atoms with Crippen LogP contribution in [0, 0.1) is 0 Å². The molecule has 12 heteroatoms. The van der Waals surface area contributed by atoms with E-state index in [1.54, 1.807) is 36.7 Å². The Labute approximate surface area is 251 Å². The fourth-order valence-electron chi connectivity index (χ4n) is 5.69. The average Bonchev–Trinajstić information content (AvgIpc) is 3.47. The Balaban J connectivity index is 1.13. The number of nitrogens with one attached hydrogen (secondary N) is 3. The van der Waals surface area contributed by atoms with E-state index in [1.807, 2.05) is 24.3 Å². The van der Waals surface area contributed by atoms with Gasteiger partial charge in [-0.2, -0.15) is 0 Å². The number of carbonyl (C=O) groups excluding carboxylic acids is 1. The predicted octanol–water partition coefficient (Wildman–Crippen LogP) is 3.53. The summed E-state index contributed by atoms with van der Waals surface area (Å²) >= 11 is 0. The van der Waals surface area contributed by atoms with Crippen molar-refractivity contribution in [3.8, 4) is 11.3 Å². The van der Waals surface area contributed by atoms with Gasteiger partial charge in [-0.1, -0.05) is 30.8 Å². The van der Waals surface area contributed by atoms with Crippen molar-refractivity contribution in [3.63, 3.8) is 0 Å². The molecule has 1 atom stereocenters. The molecule has 4 aromatic rings. The maximum Gasteiger partial charge on any atom is 0.261 e. The largest absolute Gasteiger partial charge is 0.378 e. The zero-order valence-corrected chi connectivity index (χ0v) is 24.6. The second kappa shape index (κ2) is 12.5. The van der Waals surface area contributed by atoms with Crippen molar-refractivity contribution in [1.82, 2.24) is 25.2 Å². The minimum Gasteiger partial charge on any atom is -0.378 e. The highest BCUT2D eigenvalue weighted by atomic mass is 32.2. The molecule has 0 saturated carbocycles. The number of hydrogen-bond acceptors (Lipinski definition) is 8. The summed E-state index contributed by atoms with van der Waals surface area (Å²) in [5.41, 5.74) is 3.89. The molecule has 43 heavy (non-hydrogen) atoms. The molecule has 3 N–H and O–H groups in total. The van der Waals surface area contributed by atoms with Gasteiger partial charge in [-0.25, -0.2) is 18.4 Å². The number of sulfonamides is 1. The van der Waals surface area contributed by atoms with Gasteiger partial charge in [-0.3, -0.25) is 14.4 Å². The van der Waals surface area contributed by atoms with Crippen LogP contribution in [0.1, 0.15) is 18.4 Å². The van der Waals surface area contributed by atoms with Crippen LogP contribution in [-0.2, 0) is 26.1 Å². The van der Waals surface area contributed by atoms with Crippen molar-refractivity contribution in [2.75, 3.05) is 49.0 Å². The molecule has 2 aromatic heterocycles. The molecule has 0 spiro atoms. The number of hydrogen-bond donors (Lipinski definition) is 3. The van der Waals surface area contributed by atoms with Crippen LogP contribution in [-0.4, -0.2) is 79.6 Å². The second-order valence-corrected chi connectivity index (χ2v) is 12.5. The second-order valence-electron chi connectivity index (χ2n) is 10.9. The summed E-state index contributed by atoms with van der Waals surface area (Å²) < 4.78 is 34.8. The van der Waals surface area contributed by atoms with Crippen LogP contribution in [0.4, 0.5) is 11.5 Å². The lowest BCUT2D eigenvalue weighted by Crippen LogP contribution is -2.46. The van der Waals surface area contributed by atoms with Crippen LogP contribution in [0.2, 0.25) is 0 Å². The summed E-state index contributed by atoms with van der Waals surface area (Å²) in [6, 6.07) is 16.3. The Morgan fingerprint density at radius 2 is 1.91 bits per heavy atom. The summed E-state index contributed by atoms with van der Waals surface area (Å²) in [6.45, 7) is 8.60. The smallest absolute Gasteiger partial charge is 0.261 e. The zero-order valence-electron chi connectivity index (χ0n) is 23.8. The number of H-pyrrole nitrogens is 1. The average molecular weight is 602 g/mol. The van der Waals surface area contributed by atoms with Gasteiger partial charge < -0.3 is 19.9 Å². The minimum absolute atomic E-state index is 0.0555. The van der Waals surface area contributed by atoms with Crippen LogP contribution >= 0.6 is 0 Å². The van der Waals surface area contributed by atoms with Gasteiger partial charge in [-0.05, 0) is 66.9 Å². The van der Waals surface area contributed by atoms with Crippen LogP contribution in [0.25, 0.3) is 22.3 Å². The third-order valence-corrected chi connectivity index (χ3v) is 9.19. The van der Waals surface area contributed by atoms with Gasteiger partial charge >= 0.3 is 0 Å². The third-order valence-electron chi connectivity index (χ3n) is 7.82. The maximum atomic E-state index is 13.3. The third kappa shape index (κ3) is 6.71. The number of fused-ring (bicyclic) bond motifs is 1. The van der Waals surface area contributed by atoms with Gasteiger partial charge in [-0.15, -0.1) is 0 Å². The number of amides is 1. The lowest BCUT2D eigenvalue weighted by atomic mass is 10.0. The van der Waals surface area contributed by atoms with Crippen LogP contribution in [0.5, 0.6) is 0 Å². The number of carbonyl (C=O) groups is 1. The molecule has 0 radical (unpaired) electrons. The predicted molar refractivity (Wildman–Crippen MR) is 166 cm³/mol. The summed E-state index contributed by atoms with van der Waals surface area (Å²) in [6.07, 6.45) is 4.72. The molecular weight excluding hydrogens is 566 g/mol. The molecule has 11 nitrogen and oxygen atoms in total. The van der Waals surface area contributed by atoms with E-state index in [2.05, 4.69) is 41.4 Å². The van der Waals surface area contributed by atoms with Gasteiger partial charge in [0.1, 0.15) is 17.8 Å². The van der Waals surface area contributed by atoms with Gasteiger partial charge in [0.05, 0.1) is 23.5 Å². The van der Waals surface area contributed by atoms with E-state index in [0.29, 0.717) is 32.0 Å². The van der Waals surface area contributed by atoms with Crippen LogP contribution in [0.3, 0.4) is 0 Å². The highest BCUT2D eigenvalue weighted by molar-refractivity contribution is 7.92. The monoisotopic (exact) mass is 601 g/mol. The van der Waals surface area contributed by atoms with Crippen molar-refractivity contribution in [2.24, 2.45) is 0 Å². The van der Waals surface area contributed by atoms with Gasteiger partial charge in [0.15, 0.2) is 0 Å². The standard InChI is InChI=1S/C31H35N7O4S/c1-2-29(39)34-25-6-4-12-37(20-25)19-22-5-3-7-26(17-22)43(40,41)36-24-10-8-23(9-11-24)28-18-27-30(35-28)32-21-33-31(27)38-13-15-42-16-14-38/h2-3,5,7-11,17-18,21,25,36H,1,4,6,12-16,19-20H2,(H,34,39)(H,32,33,35)/t25-/m1/s1. The van der Waals surface area contributed by atoms with E-state index in [0.717, 1.165) is 66.1 Å². The Hall–Kier alpha value is -4.26. The van der Waals surface area contributed by atoms with Crippen molar-refractivity contribution >= 4 is 38.5 Å². The summed E-state index contributed by atoms with van der Waals surface area (Å²) in [4.78, 5) is 28.6. The minimum atomic E-state index is -3.80. The number of anilines is 2. The molecule has 4 heterocycles. The number of likely N-dealkylation sites (tertiary alicyclic amines) is 1. The molecule has 6 rings (SSSR count). The SMILES string of the molecule is C=CC(=O)N[C@@H]1CCCN(Cc2cccc(S(=O)(=O)Nc3ccc(-c4cc5c(N6CCOCC6)ncnc5[nH]4)cc3)c2)C1. The molecule has 2 aliphatic rings. The van der Waals surface area contributed by atoms with E-state index in [-0.39, 0.29) is 16.8 Å². The van der Waals surface area contributed by atoms with Crippen molar-refractivity contribution in [2.45, 2.75) is 30.3 Å². The molecule has 2 saturated heterocycles. The number of aromatic amines is 1. The van der Waals surface area contributed by atoms with Crippen LogP contribution < -0.4 is 14.9 Å². The van der Waals surface area contributed by atoms with Crippen LogP contribution in [0.15, 0.2) is 78.5 Å². The van der Waals surface area contributed by atoms with Gasteiger partial charge in [0, 0.05) is 43.6 Å². The lowest BCUT2D eigenvalue weighted by Gasteiger charge is -2.33. The van der Waals surface area contributed by atoms with E-state index in [4.69, 9.17) is 4.74 Å². The first kappa shape index (κ1) is 28.8. The van der Waals surface area contributed by atoms with E-state index in [1.165, 1.54) is 6.08 Å². The molecular formula is C31H35N7O4S. The van der Waals surface area contributed by atoms with E-state index < -0.39 is 10.0 Å². The first-order valence-corrected chi connectivity index (χ1v) is 15.9. The molecule has 0 bridgehead atoms. The van der Waals surface area contributed by atoms with Crippen molar-refractivity contribution in [3.05, 3.63) is 79.1 Å². The number of piperidine rings is 1. The van der Waals surface area contributed by atoms with Crippen molar-refractivity contribution in [1.29, 1.82) is 0 Å². The van der Waals surface area contributed by atoms with Gasteiger partial charge in [0.25, 0.3) is 10.0 Å². The summed E-state index contributed by atoms with van der Waals surface area (Å²) in [7, 11) is -3.80. The molecule has 1 amide bonds. The molecule has 2 fully saturated rings. The molecule has 0 unspecified atom stereocenters. The Bertz CT molecular complexity index is 1720. The number of aromatic nitrogens is 3. The number of nitrogens with zero attached hydrogens (tertiary/aromatic N) is 4. The van der Waals surface area contributed by atoms with Crippen molar-refractivity contribution < 1.29 is 17.9 Å². The Morgan fingerprint density at radius 3 is 2.70 bits per heavy atom. The fourth-order valence-corrected chi connectivity index (χ4v) is 6.82. The highest BCUT2D eigenvalue weighted by Crippen LogP contribution is 2.30. The summed E-state index contributed by atoms with van der Waals surface area (Å²) in [5, 5.41) is 3.90. The molecule has 2 aliphatic heterocycles. The first-order valence-electron chi connectivity index (χ1n) is 14.4. The Morgan fingerprint density at radius 1 is 1.09 bits per heavy atom.